The van der Waals surface area contributed by atoms with Gasteiger partial charge in [0, 0.05) is 31.7 Å². The molecule has 5 nitrogen and oxygen atoms in total. The number of sulfone groups is 1. The van der Waals surface area contributed by atoms with Gasteiger partial charge >= 0.3 is 0 Å². The van der Waals surface area contributed by atoms with Crippen LogP contribution in [0.15, 0.2) is 69.0 Å². The number of aliphatic imine (C=N–C) groups is 1. The van der Waals surface area contributed by atoms with E-state index in [0.717, 1.165) is 10.0 Å². The van der Waals surface area contributed by atoms with Crippen molar-refractivity contribution < 1.29 is 8.42 Å². The molecule has 0 saturated heterocycles. The van der Waals surface area contributed by atoms with Gasteiger partial charge in [-0.2, -0.15) is 0 Å². The average Bonchev–Trinajstić information content (AvgIpc) is 2.61. The summed E-state index contributed by atoms with van der Waals surface area (Å²) in [6, 6.07) is 16.5. The molecule has 0 spiro atoms. The standard InChI is InChI=1S/C18H22BrN3O2S.HI/c1-20-18(22(2)14-15-8-10-16(19)11-9-15)21-12-13-25(23,24)17-6-4-3-5-7-17;/h3-11H,12-14H2,1-2H3,(H,20,21);1H. The van der Waals surface area contributed by atoms with Crippen LogP contribution in [0.1, 0.15) is 5.56 Å². The number of rotatable bonds is 6. The molecule has 0 fully saturated rings. The molecular weight excluding hydrogens is 529 g/mol. The average molecular weight is 552 g/mol. The van der Waals surface area contributed by atoms with Crippen molar-refractivity contribution in [3.63, 3.8) is 0 Å². The van der Waals surface area contributed by atoms with Crippen LogP contribution in [-0.4, -0.2) is 45.7 Å². The maximum absolute atomic E-state index is 12.3. The molecule has 2 aromatic rings. The molecule has 0 atom stereocenters. The molecule has 0 saturated carbocycles. The fourth-order valence-electron chi connectivity index (χ4n) is 2.37. The normalized spacial score (nSPS) is 11.6. The summed E-state index contributed by atoms with van der Waals surface area (Å²) in [5.74, 6) is 0.675. The molecule has 0 aliphatic carbocycles. The van der Waals surface area contributed by atoms with Crippen LogP contribution < -0.4 is 5.32 Å². The number of nitrogens with one attached hydrogen (secondary N) is 1. The molecule has 0 radical (unpaired) electrons. The van der Waals surface area contributed by atoms with Crippen LogP contribution in [0.2, 0.25) is 0 Å². The molecule has 0 aliphatic heterocycles. The van der Waals surface area contributed by atoms with Crippen LogP contribution in [0.5, 0.6) is 0 Å². The van der Waals surface area contributed by atoms with Gasteiger partial charge in [-0.1, -0.05) is 46.3 Å². The van der Waals surface area contributed by atoms with Gasteiger partial charge in [-0.3, -0.25) is 4.99 Å². The smallest absolute Gasteiger partial charge is 0.193 e. The SMILES string of the molecule is CN=C(NCCS(=O)(=O)c1ccccc1)N(C)Cc1ccc(Br)cc1.I. The van der Waals surface area contributed by atoms with Gasteiger partial charge < -0.3 is 10.2 Å². The first-order valence-corrected chi connectivity index (χ1v) is 10.3. The molecule has 0 aliphatic rings. The quantitative estimate of drug-likeness (QED) is 0.339. The summed E-state index contributed by atoms with van der Waals surface area (Å²) in [6.07, 6.45) is 0. The van der Waals surface area contributed by atoms with Crippen LogP contribution in [-0.2, 0) is 16.4 Å². The Morgan fingerprint density at radius 1 is 1.12 bits per heavy atom. The van der Waals surface area contributed by atoms with Crippen molar-refractivity contribution in [1.29, 1.82) is 0 Å². The van der Waals surface area contributed by atoms with Crippen LogP contribution in [0.4, 0.5) is 0 Å². The van der Waals surface area contributed by atoms with E-state index in [2.05, 4.69) is 26.2 Å². The van der Waals surface area contributed by atoms with Gasteiger partial charge in [0.15, 0.2) is 15.8 Å². The minimum atomic E-state index is -3.29. The minimum Gasteiger partial charge on any atom is -0.355 e. The third kappa shape index (κ3) is 6.88. The Morgan fingerprint density at radius 2 is 1.73 bits per heavy atom. The summed E-state index contributed by atoms with van der Waals surface area (Å²) in [5.41, 5.74) is 1.14. The summed E-state index contributed by atoms with van der Waals surface area (Å²) in [6.45, 7) is 0.979. The zero-order valence-electron chi connectivity index (χ0n) is 14.7. The minimum absolute atomic E-state index is 0. The lowest BCUT2D eigenvalue weighted by Crippen LogP contribution is -2.40. The van der Waals surface area contributed by atoms with Gasteiger partial charge in [-0.15, -0.1) is 24.0 Å². The Labute approximate surface area is 181 Å². The highest BCUT2D eigenvalue weighted by Crippen LogP contribution is 2.12. The Hall–Kier alpha value is -1.13. The predicted molar refractivity (Wildman–Crippen MR) is 121 cm³/mol. The van der Waals surface area contributed by atoms with Crippen LogP contribution in [0.25, 0.3) is 0 Å². The highest BCUT2D eigenvalue weighted by molar-refractivity contribution is 14.0. The lowest BCUT2D eigenvalue weighted by atomic mass is 10.2. The molecule has 142 valence electrons. The zero-order chi connectivity index (χ0) is 18.3. The summed E-state index contributed by atoms with van der Waals surface area (Å²) in [7, 11) is 0.312. The van der Waals surface area contributed by atoms with Crippen molar-refractivity contribution in [2.45, 2.75) is 11.4 Å². The highest BCUT2D eigenvalue weighted by atomic mass is 127. The number of nitrogens with zero attached hydrogens (tertiary/aromatic N) is 2. The number of hydrogen-bond donors (Lipinski definition) is 1. The molecule has 0 aromatic heterocycles. The van der Waals surface area contributed by atoms with E-state index < -0.39 is 9.84 Å². The molecule has 0 heterocycles. The Bertz CT molecular complexity index is 812. The Kier molecular flexibility index (Phi) is 9.59. The first-order chi connectivity index (χ1) is 11.9. The molecule has 0 amide bonds. The molecule has 8 heteroatoms. The lowest BCUT2D eigenvalue weighted by molar-refractivity contribution is 0.478. The fraction of sp³-hybridized carbons (Fsp3) is 0.278. The zero-order valence-corrected chi connectivity index (χ0v) is 19.5. The molecule has 0 unspecified atom stereocenters. The number of guanidine groups is 1. The van der Waals surface area contributed by atoms with Crippen LogP contribution in [0.3, 0.4) is 0 Å². The van der Waals surface area contributed by atoms with Crippen molar-refractivity contribution in [1.82, 2.24) is 10.2 Å². The summed E-state index contributed by atoms with van der Waals surface area (Å²) < 4.78 is 25.6. The molecule has 2 rings (SSSR count). The number of benzene rings is 2. The van der Waals surface area contributed by atoms with E-state index in [9.17, 15) is 8.42 Å². The summed E-state index contributed by atoms with van der Waals surface area (Å²) in [5, 5.41) is 3.11. The molecule has 0 bridgehead atoms. The Balaban J connectivity index is 0.00000338. The lowest BCUT2D eigenvalue weighted by Gasteiger charge is -2.22. The Morgan fingerprint density at radius 3 is 2.31 bits per heavy atom. The van der Waals surface area contributed by atoms with Crippen molar-refractivity contribution in [3.05, 3.63) is 64.6 Å². The van der Waals surface area contributed by atoms with Crippen LogP contribution >= 0.6 is 39.9 Å². The van der Waals surface area contributed by atoms with Crippen molar-refractivity contribution >= 4 is 55.7 Å². The number of hydrogen-bond acceptors (Lipinski definition) is 3. The van der Waals surface area contributed by atoms with Crippen molar-refractivity contribution in [2.24, 2.45) is 4.99 Å². The fourth-order valence-corrected chi connectivity index (χ4v) is 3.81. The van der Waals surface area contributed by atoms with E-state index in [-0.39, 0.29) is 29.7 Å². The van der Waals surface area contributed by atoms with E-state index >= 15 is 0 Å². The summed E-state index contributed by atoms with van der Waals surface area (Å²) >= 11 is 3.42. The van der Waals surface area contributed by atoms with E-state index in [1.165, 1.54) is 0 Å². The number of halogens is 2. The van der Waals surface area contributed by atoms with E-state index in [0.29, 0.717) is 23.9 Å². The van der Waals surface area contributed by atoms with Gasteiger partial charge in [-0.25, -0.2) is 8.42 Å². The monoisotopic (exact) mass is 551 g/mol. The third-order valence-electron chi connectivity index (χ3n) is 3.66. The van der Waals surface area contributed by atoms with Crippen molar-refractivity contribution in [3.8, 4) is 0 Å². The largest absolute Gasteiger partial charge is 0.355 e. The first kappa shape index (κ1) is 22.9. The molecule has 1 N–H and O–H groups in total. The highest BCUT2D eigenvalue weighted by Gasteiger charge is 2.14. The van der Waals surface area contributed by atoms with E-state index in [1.807, 2.05) is 36.2 Å². The predicted octanol–water partition coefficient (Wildman–Crippen LogP) is 3.55. The molecule has 2 aromatic carbocycles. The van der Waals surface area contributed by atoms with Gasteiger partial charge in [0.1, 0.15) is 0 Å². The van der Waals surface area contributed by atoms with Gasteiger partial charge in [-0.05, 0) is 29.8 Å². The van der Waals surface area contributed by atoms with Crippen molar-refractivity contribution in [2.75, 3.05) is 26.4 Å². The van der Waals surface area contributed by atoms with Crippen LogP contribution in [0, 0.1) is 0 Å². The van der Waals surface area contributed by atoms with E-state index in [4.69, 9.17) is 0 Å². The first-order valence-electron chi connectivity index (χ1n) is 7.86. The maximum Gasteiger partial charge on any atom is 0.193 e. The second-order valence-electron chi connectivity index (χ2n) is 5.59. The third-order valence-corrected chi connectivity index (χ3v) is 5.92. The van der Waals surface area contributed by atoms with E-state index in [1.54, 1.807) is 37.4 Å². The van der Waals surface area contributed by atoms with Gasteiger partial charge in [0.25, 0.3) is 0 Å². The second-order valence-corrected chi connectivity index (χ2v) is 8.61. The topological polar surface area (TPSA) is 61.8 Å². The van der Waals surface area contributed by atoms with Gasteiger partial charge in [0.05, 0.1) is 10.6 Å². The second kappa shape index (κ2) is 10.9. The van der Waals surface area contributed by atoms with Gasteiger partial charge in [0.2, 0.25) is 0 Å². The maximum atomic E-state index is 12.3. The molecular formula is C18H23BrIN3O2S. The summed E-state index contributed by atoms with van der Waals surface area (Å²) in [4.78, 5) is 6.52. The molecule has 26 heavy (non-hydrogen) atoms.